The maximum atomic E-state index is 9.18. The van der Waals surface area contributed by atoms with Crippen LogP contribution >= 0.6 is 0 Å². The molecule has 0 amide bonds. The van der Waals surface area contributed by atoms with E-state index < -0.39 is 0 Å². The number of hydrogen-bond donors (Lipinski definition) is 1. The molecule has 2 aromatic carbocycles. The summed E-state index contributed by atoms with van der Waals surface area (Å²) in [5.41, 5.74) is 4.37. The van der Waals surface area contributed by atoms with E-state index in [4.69, 9.17) is 10.00 Å². The van der Waals surface area contributed by atoms with Crippen molar-refractivity contribution in [2.24, 2.45) is 0 Å². The second-order valence-corrected chi connectivity index (χ2v) is 4.77. The number of ether oxygens (including phenoxy) is 1. The van der Waals surface area contributed by atoms with Gasteiger partial charge in [-0.1, -0.05) is 30.3 Å². The average Bonchev–Trinajstić information content (AvgIpc) is 2.46. The van der Waals surface area contributed by atoms with Gasteiger partial charge in [0.25, 0.3) is 0 Å². The fourth-order valence-electron chi connectivity index (χ4n) is 2.26. The Hall–Kier alpha value is -2.31. The van der Waals surface area contributed by atoms with Crippen LogP contribution in [0.25, 0.3) is 0 Å². The SMILES string of the molecule is Cc1cc(CO)cc(C)c1OCc1ccccc1C#N. The predicted octanol–water partition coefficient (Wildman–Crippen LogP) is 3.25. The topological polar surface area (TPSA) is 53.2 Å². The normalized spacial score (nSPS) is 10.1. The lowest BCUT2D eigenvalue weighted by atomic mass is 10.1. The van der Waals surface area contributed by atoms with Crippen molar-refractivity contribution in [2.75, 3.05) is 0 Å². The Morgan fingerprint density at radius 2 is 1.80 bits per heavy atom. The first kappa shape index (κ1) is 14.1. The number of nitriles is 1. The molecule has 3 heteroatoms. The van der Waals surface area contributed by atoms with Gasteiger partial charge in [0.15, 0.2) is 0 Å². The van der Waals surface area contributed by atoms with Crippen LogP contribution in [0.5, 0.6) is 5.75 Å². The smallest absolute Gasteiger partial charge is 0.125 e. The Bertz CT molecular complexity index is 633. The molecule has 0 aromatic heterocycles. The number of aliphatic hydroxyl groups is 1. The van der Waals surface area contributed by atoms with Crippen molar-refractivity contribution < 1.29 is 9.84 Å². The molecule has 2 rings (SSSR count). The van der Waals surface area contributed by atoms with Gasteiger partial charge in [-0.25, -0.2) is 0 Å². The van der Waals surface area contributed by atoms with Crippen LogP contribution in [0, 0.1) is 25.2 Å². The molecule has 0 spiro atoms. The van der Waals surface area contributed by atoms with Crippen molar-refractivity contribution in [3.8, 4) is 11.8 Å². The highest BCUT2D eigenvalue weighted by molar-refractivity contribution is 5.44. The fraction of sp³-hybridized carbons (Fsp3) is 0.235. The molecule has 1 N–H and O–H groups in total. The third-order valence-electron chi connectivity index (χ3n) is 3.21. The highest BCUT2D eigenvalue weighted by Crippen LogP contribution is 2.26. The van der Waals surface area contributed by atoms with Crippen molar-refractivity contribution in [3.05, 3.63) is 64.2 Å². The molecule has 0 unspecified atom stereocenters. The van der Waals surface area contributed by atoms with Crippen LogP contribution in [0.3, 0.4) is 0 Å². The molecule has 0 fully saturated rings. The summed E-state index contributed by atoms with van der Waals surface area (Å²) in [4.78, 5) is 0. The zero-order valence-corrected chi connectivity index (χ0v) is 11.7. The molecule has 0 bridgehead atoms. The first-order valence-corrected chi connectivity index (χ1v) is 6.47. The monoisotopic (exact) mass is 267 g/mol. The Kier molecular flexibility index (Phi) is 4.39. The van der Waals surface area contributed by atoms with Crippen LogP contribution in [-0.4, -0.2) is 5.11 Å². The Morgan fingerprint density at radius 1 is 1.15 bits per heavy atom. The van der Waals surface area contributed by atoms with Gasteiger partial charge in [0, 0.05) is 5.56 Å². The van der Waals surface area contributed by atoms with Crippen molar-refractivity contribution >= 4 is 0 Å². The van der Waals surface area contributed by atoms with Gasteiger partial charge in [-0.3, -0.25) is 0 Å². The standard InChI is InChI=1S/C17H17NO2/c1-12-7-14(10-19)8-13(2)17(12)20-11-16-6-4-3-5-15(16)9-18/h3-8,19H,10-11H2,1-2H3. The van der Waals surface area contributed by atoms with Crippen LogP contribution in [0.4, 0.5) is 0 Å². The maximum absolute atomic E-state index is 9.18. The molecular formula is C17H17NO2. The highest BCUT2D eigenvalue weighted by Gasteiger charge is 2.08. The lowest BCUT2D eigenvalue weighted by molar-refractivity contribution is 0.280. The second-order valence-electron chi connectivity index (χ2n) is 4.77. The zero-order chi connectivity index (χ0) is 14.5. The number of hydrogen-bond acceptors (Lipinski definition) is 3. The van der Waals surface area contributed by atoms with Gasteiger partial charge in [-0.05, 0) is 36.6 Å². The average molecular weight is 267 g/mol. The predicted molar refractivity (Wildman–Crippen MR) is 77.3 cm³/mol. The fourth-order valence-corrected chi connectivity index (χ4v) is 2.26. The van der Waals surface area contributed by atoms with Crippen LogP contribution < -0.4 is 4.74 Å². The van der Waals surface area contributed by atoms with Crippen molar-refractivity contribution in [1.29, 1.82) is 5.26 Å². The van der Waals surface area contributed by atoms with Crippen molar-refractivity contribution in [1.82, 2.24) is 0 Å². The molecule has 0 heterocycles. The van der Waals surface area contributed by atoms with Gasteiger partial charge >= 0.3 is 0 Å². The lowest BCUT2D eigenvalue weighted by Crippen LogP contribution is -2.02. The summed E-state index contributed by atoms with van der Waals surface area (Å²) in [5, 5.41) is 18.2. The molecule has 0 saturated heterocycles. The minimum Gasteiger partial charge on any atom is -0.488 e. The number of benzene rings is 2. The Labute approximate surface area is 119 Å². The first-order valence-electron chi connectivity index (χ1n) is 6.47. The Balaban J connectivity index is 2.22. The summed E-state index contributed by atoms with van der Waals surface area (Å²) in [6, 6.07) is 13.4. The third kappa shape index (κ3) is 2.98. The quantitative estimate of drug-likeness (QED) is 0.925. The molecule has 102 valence electrons. The number of aryl methyl sites for hydroxylation is 2. The van der Waals surface area contributed by atoms with Gasteiger partial charge < -0.3 is 9.84 Å². The van der Waals surface area contributed by atoms with E-state index in [1.54, 1.807) is 6.07 Å². The molecule has 0 saturated carbocycles. The van der Waals surface area contributed by atoms with Crippen LogP contribution in [-0.2, 0) is 13.2 Å². The molecule has 0 radical (unpaired) electrons. The maximum Gasteiger partial charge on any atom is 0.125 e. The highest BCUT2D eigenvalue weighted by atomic mass is 16.5. The third-order valence-corrected chi connectivity index (χ3v) is 3.21. The molecule has 2 aromatic rings. The van der Waals surface area contributed by atoms with E-state index >= 15 is 0 Å². The summed E-state index contributed by atoms with van der Waals surface area (Å²) in [7, 11) is 0. The van der Waals surface area contributed by atoms with Gasteiger partial charge in [-0.2, -0.15) is 5.26 Å². The number of aliphatic hydroxyl groups excluding tert-OH is 1. The molecule has 3 nitrogen and oxygen atoms in total. The van der Waals surface area contributed by atoms with E-state index in [9.17, 15) is 5.11 Å². The molecular weight excluding hydrogens is 250 g/mol. The summed E-state index contributed by atoms with van der Waals surface area (Å²) in [6.07, 6.45) is 0. The molecule has 20 heavy (non-hydrogen) atoms. The van der Waals surface area contributed by atoms with Crippen LogP contribution in [0.1, 0.15) is 27.8 Å². The van der Waals surface area contributed by atoms with Crippen LogP contribution in [0.15, 0.2) is 36.4 Å². The molecule has 0 atom stereocenters. The number of rotatable bonds is 4. The second kappa shape index (κ2) is 6.23. The lowest BCUT2D eigenvalue weighted by Gasteiger charge is -2.14. The van der Waals surface area contributed by atoms with E-state index in [1.807, 2.05) is 44.2 Å². The number of nitrogens with zero attached hydrogens (tertiary/aromatic N) is 1. The molecule has 0 aliphatic carbocycles. The largest absolute Gasteiger partial charge is 0.488 e. The summed E-state index contributed by atoms with van der Waals surface area (Å²) in [5.74, 6) is 0.815. The van der Waals surface area contributed by atoms with Gasteiger partial charge in [0.05, 0.1) is 18.2 Å². The Morgan fingerprint density at radius 3 is 2.40 bits per heavy atom. The van der Waals surface area contributed by atoms with E-state index in [0.29, 0.717) is 12.2 Å². The minimum atomic E-state index is 0.0270. The van der Waals surface area contributed by atoms with Gasteiger partial charge in [0.1, 0.15) is 12.4 Å². The summed E-state index contributed by atoms with van der Waals surface area (Å²) < 4.78 is 5.86. The summed E-state index contributed by atoms with van der Waals surface area (Å²) >= 11 is 0. The van der Waals surface area contributed by atoms with E-state index in [0.717, 1.165) is 28.0 Å². The molecule has 0 aliphatic heterocycles. The van der Waals surface area contributed by atoms with E-state index in [2.05, 4.69) is 6.07 Å². The minimum absolute atomic E-state index is 0.0270. The van der Waals surface area contributed by atoms with Crippen molar-refractivity contribution in [2.45, 2.75) is 27.1 Å². The van der Waals surface area contributed by atoms with E-state index in [1.165, 1.54) is 0 Å². The van der Waals surface area contributed by atoms with Crippen LogP contribution in [0.2, 0.25) is 0 Å². The van der Waals surface area contributed by atoms with Crippen molar-refractivity contribution in [3.63, 3.8) is 0 Å². The summed E-state index contributed by atoms with van der Waals surface area (Å²) in [6.45, 7) is 4.30. The zero-order valence-electron chi connectivity index (χ0n) is 11.7. The molecule has 0 aliphatic rings. The first-order chi connectivity index (χ1) is 9.65. The van der Waals surface area contributed by atoms with Gasteiger partial charge in [-0.15, -0.1) is 0 Å². The van der Waals surface area contributed by atoms with Gasteiger partial charge in [0.2, 0.25) is 0 Å². The van der Waals surface area contributed by atoms with E-state index in [-0.39, 0.29) is 6.61 Å².